The number of para-hydroxylation sites is 2. The van der Waals surface area contributed by atoms with Gasteiger partial charge in [0.1, 0.15) is 5.52 Å². The molecule has 6 heteroatoms. The lowest BCUT2D eigenvalue weighted by molar-refractivity contribution is -0.139. The van der Waals surface area contributed by atoms with Crippen LogP contribution in [0.15, 0.2) is 34.8 Å². The Labute approximate surface area is 133 Å². The van der Waals surface area contributed by atoms with Gasteiger partial charge in [0.15, 0.2) is 12.2 Å². The van der Waals surface area contributed by atoms with Crippen LogP contribution in [-0.4, -0.2) is 20.7 Å². The maximum Gasteiger partial charge on any atom is 0.331 e. The Bertz CT molecular complexity index is 857. The number of rotatable bonds is 4. The van der Waals surface area contributed by atoms with E-state index in [-0.39, 0.29) is 6.61 Å². The average molecular weight is 311 g/mol. The molecule has 0 N–H and O–H groups in total. The molecule has 3 rings (SSSR count). The summed E-state index contributed by atoms with van der Waals surface area (Å²) in [6, 6.07) is 7.41. The van der Waals surface area contributed by atoms with Gasteiger partial charge in [-0.25, -0.2) is 9.78 Å². The van der Waals surface area contributed by atoms with Crippen molar-refractivity contribution < 1.29 is 13.9 Å². The van der Waals surface area contributed by atoms with Crippen LogP contribution in [0.3, 0.4) is 0 Å². The van der Waals surface area contributed by atoms with E-state index in [0.29, 0.717) is 11.5 Å². The number of nitrogens with zero attached hydrogens (tertiary/aromatic N) is 3. The minimum Gasteiger partial charge on any atom is -0.453 e. The van der Waals surface area contributed by atoms with E-state index < -0.39 is 5.97 Å². The van der Waals surface area contributed by atoms with Crippen LogP contribution in [0, 0.1) is 13.8 Å². The fourth-order valence-corrected chi connectivity index (χ4v) is 2.35. The number of aryl methyl sites for hydroxylation is 2. The average Bonchev–Trinajstić information content (AvgIpc) is 3.05. The largest absolute Gasteiger partial charge is 0.453 e. The van der Waals surface area contributed by atoms with Gasteiger partial charge >= 0.3 is 5.97 Å². The molecule has 0 saturated carbocycles. The zero-order valence-corrected chi connectivity index (χ0v) is 13.2. The predicted molar refractivity (Wildman–Crippen MR) is 85.5 cm³/mol. The summed E-state index contributed by atoms with van der Waals surface area (Å²) in [5.41, 5.74) is 4.20. The maximum absolute atomic E-state index is 11.8. The molecule has 0 spiro atoms. The number of aromatic nitrogens is 3. The summed E-state index contributed by atoms with van der Waals surface area (Å²) in [6.07, 6.45) is 3.10. The van der Waals surface area contributed by atoms with Gasteiger partial charge in [-0.1, -0.05) is 12.1 Å². The molecule has 0 amide bonds. The molecule has 2 heterocycles. The number of hydrogen-bond donors (Lipinski definition) is 0. The van der Waals surface area contributed by atoms with E-state index in [1.54, 1.807) is 10.8 Å². The monoisotopic (exact) mass is 311 g/mol. The molecule has 0 atom stereocenters. The van der Waals surface area contributed by atoms with E-state index in [4.69, 9.17) is 9.15 Å². The van der Waals surface area contributed by atoms with Gasteiger partial charge in [0, 0.05) is 24.4 Å². The summed E-state index contributed by atoms with van der Waals surface area (Å²) < 4.78 is 12.4. The number of carbonyl (C=O) groups excluding carboxylic acids is 1. The third kappa shape index (κ3) is 3.15. The lowest BCUT2D eigenvalue weighted by Gasteiger charge is -1.98. The first-order chi connectivity index (χ1) is 11.0. The first-order valence-electron chi connectivity index (χ1n) is 7.24. The molecule has 0 bridgehead atoms. The van der Waals surface area contributed by atoms with Crippen LogP contribution in [-0.2, 0) is 23.2 Å². The summed E-state index contributed by atoms with van der Waals surface area (Å²) in [4.78, 5) is 16.1. The molecule has 0 saturated heterocycles. The smallest absolute Gasteiger partial charge is 0.331 e. The number of carbonyl (C=O) groups is 1. The highest BCUT2D eigenvalue weighted by Crippen LogP contribution is 2.16. The van der Waals surface area contributed by atoms with Gasteiger partial charge in [0.25, 0.3) is 0 Å². The van der Waals surface area contributed by atoms with Crippen molar-refractivity contribution in [1.82, 2.24) is 14.8 Å². The van der Waals surface area contributed by atoms with Crippen molar-refractivity contribution in [2.75, 3.05) is 0 Å². The highest BCUT2D eigenvalue weighted by Gasteiger charge is 2.09. The van der Waals surface area contributed by atoms with Crippen LogP contribution in [0.25, 0.3) is 17.2 Å². The van der Waals surface area contributed by atoms with E-state index in [0.717, 1.165) is 22.5 Å². The van der Waals surface area contributed by atoms with Crippen molar-refractivity contribution >= 4 is 23.1 Å². The molecule has 0 aliphatic rings. The zero-order chi connectivity index (χ0) is 16.4. The number of hydrogen-bond acceptors (Lipinski definition) is 5. The second-order valence-corrected chi connectivity index (χ2v) is 5.22. The summed E-state index contributed by atoms with van der Waals surface area (Å²) >= 11 is 0. The minimum absolute atomic E-state index is 0.00283. The van der Waals surface area contributed by atoms with Gasteiger partial charge in [-0.15, -0.1) is 0 Å². The minimum atomic E-state index is -0.449. The number of fused-ring (bicyclic) bond motifs is 1. The molecule has 0 aliphatic heterocycles. The maximum atomic E-state index is 11.8. The van der Waals surface area contributed by atoms with Crippen LogP contribution in [0.2, 0.25) is 0 Å². The topological polar surface area (TPSA) is 70.2 Å². The van der Waals surface area contributed by atoms with Crippen molar-refractivity contribution in [1.29, 1.82) is 0 Å². The van der Waals surface area contributed by atoms with Crippen LogP contribution in [0.1, 0.15) is 22.8 Å². The number of esters is 1. The molecule has 1 aromatic carbocycles. The lowest BCUT2D eigenvalue weighted by Crippen LogP contribution is -2.01. The van der Waals surface area contributed by atoms with Gasteiger partial charge < -0.3 is 9.15 Å². The van der Waals surface area contributed by atoms with Crippen LogP contribution in [0.5, 0.6) is 0 Å². The van der Waals surface area contributed by atoms with E-state index in [1.807, 2.05) is 45.2 Å². The standard InChI is InChI=1S/C17H17N3O3/c1-11-13(12(2)20(3)19-11)8-9-17(21)22-10-16-18-14-6-4-5-7-15(14)23-16/h4-9H,10H2,1-3H3/b9-8+. The van der Waals surface area contributed by atoms with E-state index in [2.05, 4.69) is 10.1 Å². The van der Waals surface area contributed by atoms with E-state index in [1.165, 1.54) is 6.08 Å². The third-order valence-electron chi connectivity index (χ3n) is 3.63. The Morgan fingerprint density at radius 2 is 2.13 bits per heavy atom. The number of benzene rings is 1. The van der Waals surface area contributed by atoms with Crippen molar-refractivity contribution in [2.24, 2.45) is 7.05 Å². The first-order valence-corrected chi connectivity index (χ1v) is 7.24. The number of oxazole rings is 1. The van der Waals surface area contributed by atoms with Gasteiger partial charge in [-0.2, -0.15) is 5.10 Å². The molecular weight excluding hydrogens is 294 g/mol. The van der Waals surface area contributed by atoms with Gasteiger partial charge in [0.2, 0.25) is 5.89 Å². The normalized spacial score (nSPS) is 11.4. The van der Waals surface area contributed by atoms with Crippen LogP contribution >= 0.6 is 0 Å². The Kier molecular flexibility index (Phi) is 3.97. The fraction of sp³-hybridized carbons (Fsp3) is 0.235. The van der Waals surface area contributed by atoms with Gasteiger partial charge in [0.05, 0.1) is 5.69 Å². The third-order valence-corrected chi connectivity index (χ3v) is 3.63. The van der Waals surface area contributed by atoms with E-state index in [9.17, 15) is 4.79 Å². The molecule has 118 valence electrons. The Morgan fingerprint density at radius 1 is 1.35 bits per heavy atom. The van der Waals surface area contributed by atoms with Crippen molar-refractivity contribution in [3.05, 3.63) is 53.2 Å². The summed E-state index contributed by atoms with van der Waals surface area (Å²) in [5.74, 6) is -0.0726. The molecule has 2 aromatic heterocycles. The quantitative estimate of drug-likeness (QED) is 0.547. The second kappa shape index (κ2) is 6.08. The highest BCUT2D eigenvalue weighted by molar-refractivity contribution is 5.87. The van der Waals surface area contributed by atoms with Crippen molar-refractivity contribution in [3.63, 3.8) is 0 Å². The summed E-state index contributed by atoms with van der Waals surface area (Å²) in [6.45, 7) is 3.85. The van der Waals surface area contributed by atoms with Gasteiger partial charge in [-0.3, -0.25) is 4.68 Å². The SMILES string of the molecule is Cc1nn(C)c(C)c1/C=C/C(=O)OCc1nc2ccccc2o1. The fourth-order valence-electron chi connectivity index (χ4n) is 2.35. The number of ether oxygens (including phenoxy) is 1. The molecule has 0 fully saturated rings. The molecule has 6 nitrogen and oxygen atoms in total. The Morgan fingerprint density at radius 3 is 2.83 bits per heavy atom. The molecular formula is C17H17N3O3. The summed E-state index contributed by atoms with van der Waals surface area (Å²) in [7, 11) is 1.87. The summed E-state index contributed by atoms with van der Waals surface area (Å²) in [5, 5.41) is 4.29. The van der Waals surface area contributed by atoms with Crippen LogP contribution in [0.4, 0.5) is 0 Å². The Balaban J connectivity index is 1.64. The molecule has 3 aromatic rings. The molecule has 23 heavy (non-hydrogen) atoms. The van der Waals surface area contributed by atoms with Crippen molar-refractivity contribution in [2.45, 2.75) is 20.5 Å². The predicted octanol–water partition coefficient (Wildman–Crippen LogP) is 2.93. The highest BCUT2D eigenvalue weighted by atomic mass is 16.5. The molecule has 0 aliphatic carbocycles. The van der Waals surface area contributed by atoms with Gasteiger partial charge in [-0.05, 0) is 32.1 Å². The second-order valence-electron chi connectivity index (χ2n) is 5.22. The first kappa shape index (κ1) is 15.0. The van der Waals surface area contributed by atoms with Crippen molar-refractivity contribution in [3.8, 4) is 0 Å². The lowest BCUT2D eigenvalue weighted by atomic mass is 10.2. The molecule has 0 radical (unpaired) electrons. The molecule has 0 unspecified atom stereocenters. The van der Waals surface area contributed by atoms with Crippen LogP contribution < -0.4 is 0 Å². The van der Waals surface area contributed by atoms with E-state index >= 15 is 0 Å². The zero-order valence-electron chi connectivity index (χ0n) is 13.2. The Hall–Kier alpha value is -2.89.